The molecule has 2 aliphatic heterocycles. The standard InChI is InChI=1S/C16H24N2O2/c1-3-8-20-15-7-5-6-13-16(15)17-9-12-10-19-11-14(12)18(13)4-2/h5-7,12,14,17H,3-4,8-11H2,1-2H3. The molecule has 0 aliphatic carbocycles. The van der Waals surface area contributed by atoms with Crippen LogP contribution < -0.4 is 15.0 Å². The highest BCUT2D eigenvalue weighted by Gasteiger charge is 2.36. The van der Waals surface area contributed by atoms with Gasteiger partial charge in [0.05, 0.1) is 31.5 Å². The van der Waals surface area contributed by atoms with E-state index in [0.717, 1.165) is 50.8 Å². The second-order valence-electron chi connectivity index (χ2n) is 5.53. The summed E-state index contributed by atoms with van der Waals surface area (Å²) in [6, 6.07) is 6.82. The number of rotatable bonds is 4. The molecular weight excluding hydrogens is 252 g/mol. The number of nitrogens with one attached hydrogen (secondary N) is 1. The van der Waals surface area contributed by atoms with E-state index in [2.05, 4.69) is 42.3 Å². The van der Waals surface area contributed by atoms with Crippen molar-refractivity contribution in [2.75, 3.05) is 43.1 Å². The predicted molar refractivity (Wildman–Crippen MR) is 81.8 cm³/mol. The van der Waals surface area contributed by atoms with Crippen molar-refractivity contribution in [3.8, 4) is 5.75 Å². The van der Waals surface area contributed by atoms with Crippen LogP contribution in [0.15, 0.2) is 18.2 Å². The fourth-order valence-electron chi connectivity index (χ4n) is 3.21. The van der Waals surface area contributed by atoms with Crippen LogP contribution in [0.5, 0.6) is 5.75 Å². The van der Waals surface area contributed by atoms with Crippen molar-refractivity contribution in [3.63, 3.8) is 0 Å². The average molecular weight is 276 g/mol. The highest BCUT2D eigenvalue weighted by atomic mass is 16.5. The van der Waals surface area contributed by atoms with Crippen molar-refractivity contribution in [2.24, 2.45) is 5.92 Å². The lowest BCUT2D eigenvalue weighted by atomic mass is 10.0. The molecule has 110 valence electrons. The normalized spacial score (nSPS) is 24.6. The number of likely N-dealkylation sites (N-methyl/N-ethyl adjacent to an activating group) is 1. The Morgan fingerprint density at radius 3 is 3.05 bits per heavy atom. The molecule has 1 aromatic rings. The first-order valence-electron chi connectivity index (χ1n) is 7.69. The van der Waals surface area contributed by atoms with Crippen LogP contribution in [-0.2, 0) is 4.74 Å². The zero-order valence-corrected chi connectivity index (χ0v) is 12.4. The van der Waals surface area contributed by atoms with Gasteiger partial charge in [0.1, 0.15) is 11.4 Å². The topological polar surface area (TPSA) is 33.7 Å². The van der Waals surface area contributed by atoms with Gasteiger partial charge in [0.25, 0.3) is 0 Å². The quantitative estimate of drug-likeness (QED) is 0.917. The monoisotopic (exact) mass is 276 g/mol. The van der Waals surface area contributed by atoms with E-state index in [9.17, 15) is 0 Å². The zero-order chi connectivity index (χ0) is 13.9. The van der Waals surface area contributed by atoms with E-state index in [-0.39, 0.29) is 0 Å². The molecule has 1 fully saturated rings. The minimum Gasteiger partial charge on any atom is -0.491 e. The molecule has 1 N–H and O–H groups in total. The molecule has 4 heteroatoms. The molecule has 20 heavy (non-hydrogen) atoms. The Labute approximate surface area is 121 Å². The maximum Gasteiger partial charge on any atom is 0.144 e. The Bertz CT molecular complexity index is 464. The van der Waals surface area contributed by atoms with Crippen LogP contribution in [0.2, 0.25) is 0 Å². The number of hydrogen-bond acceptors (Lipinski definition) is 4. The molecule has 0 saturated carbocycles. The molecule has 3 rings (SSSR count). The van der Waals surface area contributed by atoms with Crippen LogP contribution in [0, 0.1) is 5.92 Å². The van der Waals surface area contributed by atoms with Crippen molar-refractivity contribution >= 4 is 11.4 Å². The Morgan fingerprint density at radius 2 is 2.25 bits per heavy atom. The second-order valence-corrected chi connectivity index (χ2v) is 5.53. The molecule has 2 unspecified atom stereocenters. The van der Waals surface area contributed by atoms with Crippen LogP contribution in [0.25, 0.3) is 0 Å². The highest BCUT2D eigenvalue weighted by Crippen LogP contribution is 2.40. The third-order valence-electron chi connectivity index (χ3n) is 4.22. The Balaban J connectivity index is 1.96. The fourth-order valence-corrected chi connectivity index (χ4v) is 3.21. The Hall–Kier alpha value is -1.42. The van der Waals surface area contributed by atoms with Gasteiger partial charge in [-0.15, -0.1) is 0 Å². The van der Waals surface area contributed by atoms with Crippen LogP contribution in [0.1, 0.15) is 20.3 Å². The number of ether oxygens (including phenoxy) is 2. The van der Waals surface area contributed by atoms with Crippen molar-refractivity contribution in [3.05, 3.63) is 18.2 Å². The summed E-state index contributed by atoms with van der Waals surface area (Å²) in [5.41, 5.74) is 2.40. The van der Waals surface area contributed by atoms with Crippen LogP contribution in [0.4, 0.5) is 11.4 Å². The van der Waals surface area contributed by atoms with Crippen molar-refractivity contribution < 1.29 is 9.47 Å². The van der Waals surface area contributed by atoms with Gasteiger partial charge in [-0.2, -0.15) is 0 Å². The van der Waals surface area contributed by atoms with Crippen molar-refractivity contribution in [2.45, 2.75) is 26.3 Å². The summed E-state index contributed by atoms with van der Waals surface area (Å²) in [7, 11) is 0. The number of nitrogens with zero attached hydrogens (tertiary/aromatic N) is 1. The van der Waals surface area contributed by atoms with Gasteiger partial charge in [-0.25, -0.2) is 0 Å². The molecule has 0 aromatic heterocycles. The first-order chi connectivity index (χ1) is 9.85. The molecular formula is C16H24N2O2. The molecule has 1 saturated heterocycles. The van der Waals surface area contributed by atoms with Gasteiger partial charge in [-0.1, -0.05) is 13.0 Å². The van der Waals surface area contributed by atoms with Gasteiger partial charge in [-0.3, -0.25) is 0 Å². The molecule has 2 aliphatic rings. The Kier molecular flexibility index (Phi) is 4.01. The van der Waals surface area contributed by atoms with Gasteiger partial charge in [0.2, 0.25) is 0 Å². The number of anilines is 2. The smallest absolute Gasteiger partial charge is 0.144 e. The van der Waals surface area contributed by atoms with Gasteiger partial charge >= 0.3 is 0 Å². The van der Waals surface area contributed by atoms with Crippen LogP contribution in [-0.4, -0.2) is 39.0 Å². The number of para-hydroxylation sites is 1. The molecule has 2 heterocycles. The van der Waals surface area contributed by atoms with Crippen LogP contribution >= 0.6 is 0 Å². The molecule has 0 bridgehead atoms. The summed E-state index contributed by atoms with van der Waals surface area (Å²) < 4.78 is 11.6. The molecule has 2 atom stereocenters. The minimum atomic E-state index is 0.482. The van der Waals surface area contributed by atoms with E-state index in [1.165, 1.54) is 5.69 Å². The highest BCUT2D eigenvalue weighted by molar-refractivity contribution is 5.77. The number of hydrogen-bond donors (Lipinski definition) is 1. The van der Waals surface area contributed by atoms with E-state index < -0.39 is 0 Å². The number of benzene rings is 1. The van der Waals surface area contributed by atoms with E-state index in [0.29, 0.717) is 12.0 Å². The van der Waals surface area contributed by atoms with E-state index >= 15 is 0 Å². The van der Waals surface area contributed by atoms with Gasteiger partial charge < -0.3 is 19.7 Å². The predicted octanol–water partition coefficient (Wildman–Crippen LogP) is 2.74. The molecule has 4 nitrogen and oxygen atoms in total. The summed E-state index contributed by atoms with van der Waals surface area (Å²) in [4.78, 5) is 2.46. The van der Waals surface area contributed by atoms with E-state index in [4.69, 9.17) is 9.47 Å². The second kappa shape index (κ2) is 5.92. The summed E-state index contributed by atoms with van der Waals surface area (Å²) in [6.07, 6.45) is 1.03. The third-order valence-corrected chi connectivity index (χ3v) is 4.22. The van der Waals surface area contributed by atoms with Crippen molar-refractivity contribution in [1.29, 1.82) is 0 Å². The largest absolute Gasteiger partial charge is 0.491 e. The SMILES string of the molecule is CCCOc1cccc2c1NCC1COCC1N2CC. The van der Waals surface area contributed by atoms with E-state index in [1.54, 1.807) is 0 Å². The number of fused-ring (bicyclic) bond motifs is 2. The minimum absolute atomic E-state index is 0.482. The summed E-state index contributed by atoms with van der Waals surface area (Å²) in [6.45, 7) is 8.75. The van der Waals surface area contributed by atoms with Crippen molar-refractivity contribution in [1.82, 2.24) is 0 Å². The maximum absolute atomic E-state index is 5.90. The summed E-state index contributed by atoms with van der Waals surface area (Å²) >= 11 is 0. The summed E-state index contributed by atoms with van der Waals surface area (Å²) in [5.74, 6) is 1.53. The lowest BCUT2D eigenvalue weighted by Gasteiger charge is -2.31. The molecule has 0 spiro atoms. The lowest BCUT2D eigenvalue weighted by molar-refractivity contribution is 0.185. The zero-order valence-electron chi connectivity index (χ0n) is 12.4. The van der Waals surface area contributed by atoms with Gasteiger partial charge in [0, 0.05) is 19.0 Å². The van der Waals surface area contributed by atoms with Crippen LogP contribution in [0.3, 0.4) is 0 Å². The Morgan fingerprint density at radius 1 is 1.35 bits per heavy atom. The first-order valence-corrected chi connectivity index (χ1v) is 7.69. The van der Waals surface area contributed by atoms with E-state index in [1.807, 2.05) is 0 Å². The average Bonchev–Trinajstić information content (AvgIpc) is 2.87. The summed E-state index contributed by atoms with van der Waals surface area (Å²) in [5, 5.41) is 3.59. The molecule has 1 aromatic carbocycles. The first kappa shape index (κ1) is 13.6. The maximum atomic E-state index is 5.90. The van der Waals surface area contributed by atoms with Gasteiger partial charge in [-0.05, 0) is 25.5 Å². The lowest BCUT2D eigenvalue weighted by Crippen LogP contribution is -2.40. The third kappa shape index (κ3) is 2.33. The fraction of sp³-hybridized carbons (Fsp3) is 0.625. The molecule has 0 radical (unpaired) electrons. The van der Waals surface area contributed by atoms with Gasteiger partial charge in [0.15, 0.2) is 0 Å². The molecule has 0 amide bonds.